The van der Waals surface area contributed by atoms with Crippen molar-refractivity contribution in [3.8, 4) is 0 Å². The Morgan fingerprint density at radius 1 is 1.33 bits per heavy atom. The molecular formula is C14H21ClN2O3S. The third kappa shape index (κ3) is 5.93. The van der Waals surface area contributed by atoms with Gasteiger partial charge in [-0.25, -0.2) is 8.42 Å². The van der Waals surface area contributed by atoms with Crippen molar-refractivity contribution in [3.63, 3.8) is 0 Å². The van der Waals surface area contributed by atoms with Crippen LogP contribution in [0.25, 0.3) is 0 Å². The molecule has 118 valence electrons. The Labute approximate surface area is 131 Å². The fourth-order valence-electron chi connectivity index (χ4n) is 1.75. The number of halogens is 1. The molecular weight excluding hydrogens is 312 g/mol. The molecule has 0 aromatic heterocycles. The summed E-state index contributed by atoms with van der Waals surface area (Å²) in [4.78, 5) is 11.8. The summed E-state index contributed by atoms with van der Waals surface area (Å²) in [6, 6.07) is 6.56. The van der Waals surface area contributed by atoms with Crippen molar-refractivity contribution in [1.29, 1.82) is 0 Å². The zero-order valence-corrected chi connectivity index (χ0v) is 14.0. The van der Waals surface area contributed by atoms with Crippen LogP contribution in [0, 0.1) is 0 Å². The van der Waals surface area contributed by atoms with Gasteiger partial charge in [0.05, 0.1) is 11.9 Å². The Kier molecular flexibility index (Phi) is 6.48. The van der Waals surface area contributed by atoms with Gasteiger partial charge in [0.25, 0.3) is 0 Å². The van der Waals surface area contributed by atoms with E-state index >= 15 is 0 Å². The molecule has 0 aliphatic carbocycles. The molecule has 21 heavy (non-hydrogen) atoms. The summed E-state index contributed by atoms with van der Waals surface area (Å²) >= 11 is 5.80. The Hall–Kier alpha value is -1.27. The monoisotopic (exact) mass is 332 g/mol. The Morgan fingerprint density at radius 2 is 1.90 bits per heavy atom. The van der Waals surface area contributed by atoms with Crippen LogP contribution in [0.5, 0.6) is 0 Å². The highest BCUT2D eigenvalue weighted by Crippen LogP contribution is 2.20. The third-order valence-electron chi connectivity index (χ3n) is 3.08. The van der Waals surface area contributed by atoms with Crippen molar-refractivity contribution < 1.29 is 13.2 Å². The van der Waals surface area contributed by atoms with Gasteiger partial charge in [0.1, 0.15) is 0 Å². The van der Waals surface area contributed by atoms with Gasteiger partial charge in [0.2, 0.25) is 15.9 Å². The second-order valence-corrected chi connectivity index (χ2v) is 7.28. The number of sulfonamides is 1. The van der Waals surface area contributed by atoms with Crippen LogP contribution in [0.4, 0.5) is 5.69 Å². The highest BCUT2D eigenvalue weighted by atomic mass is 35.5. The maximum absolute atomic E-state index is 11.9. The summed E-state index contributed by atoms with van der Waals surface area (Å²) in [6.45, 7) is 3.98. The predicted molar refractivity (Wildman–Crippen MR) is 86.2 cm³/mol. The van der Waals surface area contributed by atoms with Crippen molar-refractivity contribution in [3.05, 3.63) is 29.3 Å². The summed E-state index contributed by atoms with van der Waals surface area (Å²) in [6.07, 6.45) is 2.06. The van der Waals surface area contributed by atoms with Crippen LogP contribution in [0.15, 0.2) is 24.3 Å². The van der Waals surface area contributed by atoms with E-state index in [2.05, 4.69) is 5.32 Å². The molecule has 1 aromatic carbocycles. The maximum atomic E-state index is 11.9. The van der Waals surface area contributed by atoms with Gasteiger partial charge in [0.15, 0.2) is 0 Å². The molecule has 0 saturated carbocycles. The number of carbonyl (C=O) groups is 1. The standard InChI is InChI=1S/C14H21ClN2O3S/c1-4-11(2)16-14(18)9-10-17(21(3,19)20)13-7-5-12(15)6-8-13/h5-8,11H,4,9-10H2,1-3H3,(H,16,18). The minimum absolute atomic E-state index is 0.0831. The van der Waals surface area contributed by atoms with Crippen LogP contribution >= 0.6 is 11.6 Å². The second-order valence-electron chi connectivity index (χ2n) is 4.94. The van der Waals surface area contributed by atoms with Crippen molar-refractivity contribution in [2.45, 2.75) is 32.7 Å². The minimum atomic E-state index is -3.45. The van der Waals surface area contributed by atoms with E-state index in [1.165, 1.54) is 4.31 Å². The quantitative estimate of drug-likeness (QED) is 0.833. The molecule has 0 fully saturated rings. The Morgan fingerprint density at radius 3 is 2.38 bits per heavy atom. The van der Waals surface area contributed by atoms with Gasteiger partial charge in [0, 0.05) is 24.0 Å². The van der Waals surface area contributed by atoms with Crippen LogP contribution < -0.4 is 9.62 Å². The predicted octanol–water partition coefficient (Wildman–Crippen LogP) is 2.41. The van der Waals surface area contributed by atoms with Crippen LogP contribution in [-0.2, 0) is 14.8 Å². The fourth-order valence-corrected chi connectivity index (χ4v) is 2.80. The van der Waals surface area contributed by atoms with Gasteiger partial charge < -0.3 is 5.32 Å². The lowest BCUT2D eigenvalue weighted by Crippen LogP contribution is -2.37. The molecule has 0 radical (unpaired) electrons. The molecule has 0 aliphatic rings. The number of hydrogen-bond donors (Lipinski definition) is 1. The topological polar surface area (TPSA) is 66.5 Å². The van der Waals surface area contributed by atoms with Gasteiger partial charge in [-0.15, -0.1) is 0 Å². The number of benzene rings is 1. The molecule has 0 spiro atoms. The van der Waals surface area contributed by atoms with E-state index in [1.54, 1.807) is 24.3 Å². The van der Waals surface area contributed by atoms with Gasteiger partial charge >= 0.3 is 0 Å². The number of carbonyl (C=O) groups excluding carboxylic acids is 1. The molecule has 0 saturated heterocycles. The molecule has 5 nitrogen and oxygen atoms in total. The molecule has 1 unspecified atom stereocenters. The fraction of sp³-hybridized carbons (Fsp3) is 0.500. The van der Waals surface area contributed by atoms with Crippen LogP contribution in [0.1, 0.15) is 26.7 Å². The van der Waals surface area contributed by atoms with Crippen molar-refractivity contribution >= 4 is 33.2 Å². The van der Waals surface area contributed by atoms with Gasteiger partial charge in [-0.2, -0.15) is 0 Å². The van der Waals surface area contributed by atoms with E-state index in [0.717, 1.165) is 12.7 Å². The van der Waals surface area contributed by atoms with E-state index in [9.17, 15) is 13.2 Å². The van der Waals surface area contributed by atoms with Crippen molar-refractivity contribution in [1.82, 2.24) is 5.32 Å². The Balaban J connectivity index is 2.77. The van der Waals surface area contributed by atoms with Gasteiger partial charge in [-0.05, 0) is 37.6 Å². The summed E-state index contributed by atoms with van der Waals surface area (Å²) in [5.41, 5.74) is 0.498. The number of anilines is 1. The van der Waals surface area contributed by atoms with Crippen molar-refractivity contribution in [2.24, 2.45) is 0 Å². The molecule has 7 heteroatoms. The zero-order valence-electron chi connectivity index (χ0n) is 12.5. The lowest BCUT2D eigenvalue weighted by atomic mass is 10.2. The lowest BCUT2D eigenvalue weighted by Gasteiger charge is -2.22. The first-order valence-electron chi connectivity index (χ1n) is 6.76. The zero-order chi connectivity index (χ0) is 16.0. The van der Waals surface area contributed by atoms with E-state index in [1.807, 2.05) is 13.8 Å². The average Bonchev–Trinajstić information content (AvgIpc) is 2.39. The largest absolute Gasteiger partial charge is 0.354 e. The van der Waals surface area contributed by atoms with Gasteiger partial charge in [-0.3, -0.25) is 9.10 Å². The normalized spacial score (nSPS) is 12.8. The molecule has 1 amide bonds. The smallest absolute Gasteiger partial charge is 0.232 e. The SMILES string of the molecule is CCC(C)NC(=O)CCN(c1ccc(Cl)cc1)S(C)(=O)=O. The summed E-state index contributed by atoms with van der Waals surface area (Å²) < 4.78 is 24.9. The molecule has 1 rings (SSSR count). The Bertz CT molecular complexity index is 572. The van der Waals surface area contributed by atoms with Crippen molar-refractivity contribution in [2.75, 3.05) is 17.1 Å². The van der Waals surface area contributed by atoms with E-state index < -0.39 is 10.0 Å². The van der Waals surface area contributed by atoms with E-state index in [0.29, 0.717) is 10.7 Å². The van der Waals surface area contributed by atoms with E-state index in [-0.39, 0.29) is 24.9 Å². The molecule has 0 bridgehead atoms. The van der Waals surface area contributed by atoms with E-state index in [4.69, 9.17) is 11.6 Å². The number of amides is 1. The molecule has 0 aliphatic heterocycles. The molecule has 1 N–H and O–H groups in total. The summed E-state index contributed by atoms with van der Waals surface area (Å²) in [7, 11) is -3.45. The first-order valence-corrected chi connectivity index (χ1v) is 8.99. The molecule has 0 heterocycles. The number of hydrogen-bond acceptors (Lipinski definition) is 3. The first kappa shape index (κ1) is 17.8. The maximum Gasteiger partial charge on any atom is 0.232 e. The highest BCUT2D eigenvalue weighted by Gasteiger charge is 2.18. The summed E-state index contributed by atoms with van der Waals surface area (Å²) in [5, 5.41) is 3.34. The first-order chi connectivity index (χ1) is 9.74. The van der Waals surface area contributed by atoms with Crippen LogP contribution in [-0.4, -0.2) is 33.2 Å². The lowest BCUT2D eigenvalue weighted by molar-refractivity contribution is -0.121. The second kappa shape index (κ2) is 7.66. The third-order valence-corrected chi connectivity index (χ3v) is 4.52. The highest BCUT2D eigenvalue weighted by molar-refractivity contribution is 7.92. The van der Waals surface area contributed by atoms with Crippen LogP contribution in [0.3, 0.4) is 0 Å². The average molecular weight is 333 g/mol. The number of nitrogens with zero attached hydrogens (tertiary/aromatic N) is 1. The summed E-state index contributed by atoms with van der Waals surface area (Å²) in [5.74, 6) is -0.160. The number of nitrogens with one attached hydrogen (secondary N) is 1. The number of rotatable bonds is 7. The van der Waals surface area contributed by atoms with Crippen LogP contribution in [0.2, 0.25) is 5.02 Å². The molecule has 1 atom stereocenters. The molecule has 1 aromatic rings. The van der Waals surface area contributed by atoms with Gasteiger partial charge in [-0.1, -0.05) is 18.5 Å². The minimum Gasteiger partial charge on any atom is -0.354 e.